The van der Waals surface area contributed by atoms with Gasteiger partial charge in [0.05, 0.1) is 12.7 Å². The van der Waals surface area contributed by atoms with E-state index in [1.54, 1.807) is 0 Å². The van der Waals surface area contributed by atoms with Gasteiger partial charge in [0.25, 0.3) is 0 Å². The molecule has 0 fully saturated rings. The van der Waals surface area contributed by atoms with Gasteiger partial charge in [-0.3, -0.25) is 4.68 Å². The highest BCUT2D eigenvalue weighted by Gasteiger charge is 2.04. The number of ether oxygens (including phenoxy) is 1. The van der Waals surface area contributed by atoms with E-state index in [0.717, 1.165) is 18.8 Å². The molecule has 0 bridgehead atoms. The molecule has 1 N–H and O–H groups in total. The molecule has 4 heteroatoms. The minimum atomic E-state index is 0.468. The second kappa shape index (κ2) is 7.10. The van der Waals surface area contributed by atoms with Crippen LogP contribution in [0.1, 0.15) is 25.0 Å². The van der Waals surface area contributed by atoms with Crippen molar-refractivity contribution in [2.24, 2.45) is 0 Å². The molecular weight excluding hydrogens is 250 g/mol. The predicted molar refractivity (Wildman–Crippen MR) is 80.9 cm³/mol. The van der Waals surface area contributed by atoms with Gasteiger partial charge in [-0.15, -0.1) is 0 Å². The highest BCUT2D eigenvalue weighted by Crippen LogP contribution is 2.17. The van der Waals surface area contributed by atoms with E-state index in [-0.39, 0.29) is 0 Å². The van der Waals surface area contributed by atoms with Crippen molar-refractivity contribution in [3.63, 3.8) is 0 Å². The molecule has 1 aromatic carbocycles. The molecular formula is C16H23N3O. The largest absolute Gasteiger partial charge is 0.491 e. The average molecular weight is 273 g/mol. The minimum Gasteiger partial charge on any atom is -0.491 e. The Labute approximate surface area is 120 Å². The first kappa shape index (κ1) is 14.6. The third-order valence-electron chi connectivity index (χ3n) is 3.01. The Morgan fingerprint density at radius 2 is 2.10 bits per heavy atom. The van der Waals surface area contributed by atoms with Crippen LogP contribution in [-0.4, -0.2) is 22.4 Å². The van der Waals surface area contributed by atoms with Gasteiger partial charge in [0, 0.05) is 24.3 Å². The fraction of sp³-hybridized carbons (Fsp3) is 0.438. The second-order valence-corrected chi connectivity index (χ2v) is 5.27. The first-order valence-corrected chi connectivity index (χ1v) is 7.08. The Morgan fingerprint density at radius 1 is 1.30 bits per heavy atom. The Hall–Kier alpha value is -1.81. The minimum absolute atomic E-state index is 0.468. The van der Waals surface area contributed by atoms with Crippen LogP contribution in [0.3, 0.4) is 0 Å². The summed E-state index contributed by atoms with van der Waals surface area (Å²) in [5, 5.41) is 7.67. The number of hydrogen-bond donors (Lipinski definition) is 1. The van der Waals surface area contributed by atoms with Crippen molar-refractivity contribution in [3.05, 3.63) is 47.8 Å². The van der Waals surface area contributed by atoms with E-state index in [2.05, 4.69) is 30.3 Å². The summed E-state index contributed by atoms with van der Waals surface area (Å²) in [5.74, 6) is 0.949. The Bertz CT molecular complexity index is 534. The maximum absolute atomic E-state index is 5.88. The summed E-state index contributed by atoms with van der Waals surface area (Å²) in [6, 6.07) is 8.64. The van der Waals surface area contributed by atoms with E-state index < -0.39 is 0 Å². The SMILES string of the molecule is Cc1cnn(CCOc2ccccc2CNC(C)C)c1. The number of para-hydroxylation sites is 1. The fourth-order valence-electron chi connectivity index (χ4n) is 1.94. The Kier molecular flexibility index (Phi) is 5.18. The lowest BCUT2D eigenvalue weighted by Gasteiger charge is -2.13. The zero-order valence-electron chi connectivity index (χ0n) is 12.5. The summed E-state index contributed by atoms with van der Waals surface area (Å²) in [6.07, 6.45) is 3.89. The summed E-state index contributed by atoms with van der Waals surface area (Å²) in [4.78, 5) is 0. The van der Waals surface area contributed by atoms with E-state index in [4.69, 9.17) is 4.74 Å². The summed E-state index contributed by atoms with van der Waals surface area (Å²) in [7, 11) is 0. The van der Waals surface area contributed by atoms with E-state index in [0.29, 0.717) is 12.6 Å². The van der Waals surface area contributed by atoms with Crippen LogP contribution in [0.4, 0.5) is 0 Å². The van der Waals surface area contributed by atoms with Crippen LogP contribution in [0.2, 0.25) is 0 Å². The lowest BCUT2D eigenvalue weighted by Crippen LogP contribution is -2.22. The summed E-state index contributed by atoms with van der Waals surface area (Å²) in [6.45, 7) is 8.54. The van der Waals surface area contributed by atoms with Crippen LogP contribution < -0.4 is 10.1 Å². The van der Waals surface area contributed by atoms with E-state index in [1.165, 1.54) is 11.1 Å². The molecule has 0 saturated heterocycles. The molecule has 2 aromatic rings. The summed E-state index contributed by atoms with van der Waals surface area (Å²) >= 11 is 0. The lowest BCUT2D eigenvalue weighted by atomic mass is 10.2. The van der Waals surface area contributed by atoms with Crippen molar-refractivity contribution < 1.29 is 4.74 Å². The van der Waals surface area contributed by atoms with Gasteiger partial charge in [-0.1, -0.05) is 32.0 Å². The molecule has 0 spiro atoms. The number of nitrogens with one attached hydrogen (secondary N) is 1. The van der Waals surface area contributed by atoms with Gasteiger partial charge < -0.3 is 10.1 Å². The number of nitrogens with zero attached hydrogens (tertiary/aromatic N) is 2. The molecule has 0 aliphatic carbocycles. The predicted octanol–water partition coefficient (Wildman–Crippen LogP) is 2.77. The zero-order chi connectivity index (χ0) is 14.4. The highest BCUT2D eigenvalue weighted by molar-refractivity contribution is 5.33. The van der Waals surface area contributed by atoms with Gasteiger partial charge in [0.15, 0.2) is 0 Å². The van der Waals surface area contributed by atoms with Crippen molar-refractivity contribution in [2.45, 2.75) is 39.9 Å². The van der Waals surface area contributed by atoms with Crippen LogP contribution in [0.15, 0.2) is 36.7 Å². The fourth-order valence-corrected chi connectivity index (χ4v) is 1.94. The molecule has 108 valence electrons. The maximum Gasteiger partial charge on any atom is 0.123 e. The molecule has 0 aliphatic heterocycles. The van der Waals surface area contributed by atoms with Gasteiger partial charge in [-0.25, -0.2) is 0 Å². The standard InChI is InChI=1S/C16H23N3O/c1-13(2)17-11-15-6-4-5-7-16(15)20-9-8-19-12-14(3)10-18-19/h4-7,10,12-13,17H,8-9,11H2,1-3H3. The molecule has 0 aliphatic rings. The van der Waals surface area contributed by atoms with Crippen LogP contribution in [-0.2, 0) is 13.1 Å². The number of rotatable bonds is 7. The molecule has 20 heavy (non-hydrogen) atoms. The topological polar surface area (TPSA) is 39.1 Å². The number of benzene rings is 1. The average Bonchev–Trinajstić information content (AvgIpc) is 2.83. The van der Waals surface area contributed by atoms with E-state index in [9.17, 15) is 0 Å². The van der Waals surface area contributed by atoms with Crippen molar-refractivity contribution in [3.8, 4) is 5.75 Å². The summed E-state index contributed by atoms with van der Waals surface area (Å²) < 4.78 is 7.79. The normalized spacial score (nSPS) is 11.0. The van der Waals surface area contributed by atoms with Crippen molar-refractivity contribution in [2.75, 3.05) is 6.61 Å². The monoisotopic (exact) mass is 273 g/mol. The van der Waals surface area contributed by atoms with Gasteiger partial charge in [-0.2, -0.15) is 5.10 Å². The molecule has 0 saturated carbocycles. The van der Waals surface area contributed by atoms with Crippen LogP contribution in [0, 0.1) is 6.92 Å². The second-order valence-electron chi connectivity index (χ2n) is 5.27. The molecule has 2 rings (SSSR count). The molecule has 1 aromatic heterocycles. The van der Waals surface area contributed by atoms with Gasteiger partial charge in [0.2, 0.25) is 0 Å². The van der Waals surface area contributed by atoms with E-state index >= 15 is 0 Å². The molecule has 0 amide bonds. The highest BCUT2D eigenvalue weighted by atomic mass is 16.5. The van der Waals surface area contributed by atoms with Gasteiger partial charge in [-0.05, 0) is 18.6 Å². The lowest BCUT2D eigenvalue weighted by molar-refractivity contribution is 0.287. The third kappa shape index (κ3) is 4.38. The third-order valence-corrected chi connectivity index (χ3v) is 3.01. The molecule has 0 atom stereocenters. The molecule has 0 unspecified atom stereocenters. The Morgan fingerprint density at radius 3 is 2.80 bits per heavy atom. The first-order valence-electron chi connectivity index (χ1n) is 7.08. The first-order chi connectivity index (χ1) is 9.65. The Balaban J connectivity index is 1.88. The quantitative estimate of drug-likeness (QED) is 0.843. The molecule has 1 heterocycles. The van der Waals surface area contributed by atoms with Crippen molar-refractivity contribution >= 4 is 0 Å². The molecule has 0 radical (unpaired) electrons. The van der Waals surface area contributed by atoms with E-state index in [1.807, 2.05) is 42.2 Å². The number of aromatic nitrogens is 2. The smallest absolute Gasteiger partial charge is 0.123 e. The van der Waals surface area contributed by atoms with Crippen molar-refractivity contribution in [1.82, 2.24) is 15.1 Å². The van der Waals surface area contributed by atoms with Crippen LogP contribution in [0.25, 0.3) is 0 Å². The van der Waals surface area contributed by atoms with Crippen LogP contribution >= 0.6 is 0 Å². The number of hydrogen-bond acceptors (Lipinski definition) is 3. The van der Waals surface area contributed by atoms with Crippen molar-refractivity contribution in [1.29, 1.82) is 0 Å². The maximum atomic E-state index is 5.88. The number of aryl methyl sites for hydroxylation is 1. The van der Waals surface area contributed by atoms with Gasteiger partial charge >= 0.3 is 0 Å². The zero-order valence-corrected chi connectivity index (χ0v) is 12.5. The van der Waals surface area contributed by atoms with Gasteiger partial charge in [0.1, 0.15) is 12.4 Å². The summed E-state index contributed by atoms with van der Waals surface area (Å²) in [5.41, 5.74) is 2.37. The molecule has 4 nitrogen and oxygen atoms in total. The van der Waals surface area contributed by atoms with Crippen LogP contribution in [0.5, 0.6) is 5.75 Å².